The highest BCUT2D eigenvalue weighted by Gasteiger charge is 2.33. The number of para-hydroxylation sites is 1. The summed E-state index contributed by atoms with van der Waals surface area (Å²) in [7, 11) is 0. The highest BCUT2D eigenvalue weighted by Crippen LogP contribution is 2.27. The molecule has 3 aliphatic rings. The van der Waals surface area contributed by atoms with Crippen LogP contribution in [0.3, 0.4) is 0 Å². The van der Waals surface area contributed by atoms with Crippen LogP contribution < -0.4 is 15.5 Å². The van der Waals surface area contributed by atoms with Crippen LogP contribution in [0.25, 0.3) is 0 Å². The Bertz CT molecular complexity index is 979. The molecule has 0 atom stereocenters. The zero-order valence-electron chi connectivity index (χ0n) is 15.8. The molecule has 2 aromatic rings. The van der Waals surface area contributed by atoms with E-state index in [-0.39, 0.29) is 18.4 Å². The third-order valence-electron chi connectivity index (χ3n) is 5.19. The first kappa shape index (κ1) is 17.7. The average molecular weight is 395 g/mol. The zero-order valence-corrected chi connectivity index (χ0v) is 15.8. The number of carbonyl (C=O) groups is 2. The molecule has 4 heterocycles. The smallest absolute Gasteiger partial charge is 0.322 e. The second kappa shape index (κ2) is 7.21. The number of nitrogens with zero attached hydrogens (tertiary/aromatic N) is 5. The van der Waals surface area contributed by atoms with Crippen LogP contribution in [0.5, 0.6) is 0 Å². The van der Waals surface area contributed by atoms with Crippen molar-refractivity contribution in [1.82, 2.24) is 19.7 Å². The SMILES string of the molecule is O=C1CN(C(=O)Nc2ccccc2)CC2=C1Nc1nc(N3CCOCC3)nn1C2. The number of hydrogen-bond donors (Lipinski definition) is 2. The van der Waals surface area contributed by atoms with E-state index in [1.54, 1.807) is 4.68 Å². The molecule has 1 aromatic heterocycles. The molecule has 1 fully saturated rings. The zero-order chi connectivity index (χ0) is 19.8. The predicted molar refractivity (Wildman–Crippen MR) is 106 cm³/mol. The number of fused-ring (bicyclic) bond motifs is 1. The van der Waals surface area contributed by atoms with E-state index in [2.05, 4.69) is 25.6 Å². The Morgan fingerprint density at radius 3 is 2.69 bits per heavy atom. The van der Waals surface area contributed by atoms with Gasteiger partial charge in [-0.15, -0.1) is 5.10 Å². The van der Waals surface area contributed by atoms with Crippen molar-refractivity contribution in [1.29, 1.82) is 0 Å². The maximum atomic E-state index is 12.7. The molecule has 3 aliphatic heterocycles. The Labute approximate surface area is 167 Å². The van der Waals surface area contributed by atoms with E-state index in [9.17, 15) is 9.59 Å². The first-order chi connectivity index (χ1) is 14.2. The number of hydrogen-bond acceptors (Lipinski definition) is 7. The lowest BCUT2D eigenvalue weighted by Crippen LogP contribution is -2.46. The first-order valence-electron chi connectivity index (χ1n) is 9.58. The molecule has 5 rings (SSSR count). The van der Waals surface area contributed by atoms with Crippen LogP contribution in [-0.4, -0.2) is 70.9 Å². The first-order valence-corrected chi connectivity index (χ1v) is 9.58. The van der Waals surface area contributed by atoms with Gasteiger partial charge in [0.2, 0.25) is 11.9 Å². The summed E-state index contributed by atoms with van der Waals surface area (Å²) in [5, 5.41) is 10.5. The lowest BCUT2D eigenvalue weighted by Gasteiger charge is -2.32. The molecular weight excluding hydrogens is 374 g/mol. The summed E-state index contributed by atoms with van der Waals surface area (Å²) in [4.78, 5) is 33.4. The standard InChI is InChI=1S/C19H21N7O3/c27-15-12-25(19(28)20-14-4-2-1-3-5-14)10-13-11-26-17(21-16(13)15)22-18(23-26)24-6-8-29-9-7-24/h1-5H,6-12H2,(H,20,28)(H,21,22,23). The quantitative estimate of drug-likeness (QED) is 0.779. The molecular formula is C19H21N7O3. The van der Waals surface area contributed by atoms with E-state index in [0.717, 1.165) is 18.7 Å². The van der Waals surface area contributed by atoms with Crippen molar-refractivity contribution in [2.24, 2.45) is 0 Å². The Morgan fingerprint density at radius 2 is 1.90 bits per heavy atom. The number of amides is 2. The number of aromatic nitrogens is 3. The molecule has 0 bridgehead atoms. The van der Waals surface area contributed by atoms with Crippen molar-refractivity contribution < 1.29 is 14.3 Å². The van der Waals surface area contributed by atoms with E-state index in [4.69, 9.17) is 4.74 Å². The van der Waals surface area contributed by atoms with Crippen LogP contribution in [0.15, 0.2) is 41.6 Å². The van der Waals surface area contributed by atoms with Gasteiger partial charge in [0.25, 0.3) is 0 Å². The lowest BCUT2D eigenvalue weighted by atomic mass is 10.0. The highest BCUT2D eigenvalue weighted by molar-refractivity contribution is 6.04. The van der Waals surface area contributed by atoms with Gasteiger partial charge in [0.15, 0.2) is 5.78 Å². The van der Waals surface area contributed by atoms with Crippen molar-refractivity contribution >= 4 is 29.4 Å². The van der Waals surface area contributed by atoms with Crippen molar-refractivity contribution in [3.05, 3.63) is 41.6 Å². The van der Waals surface area contributed by atoms with Gasteiger partial charge in [-0.3, -0.25) is 4.79 Å². The van der Waals surface area contributed by atoms with Gasteiger partial charge in [-0.2, -0.15) is 4.98 Å². The van der Waals surface area contributed by atoms with E-state index in [1.165, 1.54) is 4.90 Å². The molecule has 150 valence electrons. The molecule has 10 nitrogen and oxygen atoms in total. The van der Waals surface area contributed by atoms with Crippen molar-refractivity contribution in [3.8, 4) is 0 Å². The summed E-state index contributed by atoms with van der Waals surface area (Å²) < 4.78 is 7.12. The molecule has 1 saturated heterocycles. The Morgan fingerprint density at radius 1 is 1.10 bits per heavy atom. The molecule has 0 saturated carbocycles. The van der Waals surface area contributed by atoms with Crippen LogP contribution in [0, 0.1) is 0 Å². The summed E-state index contributed by atoms with van der Waals surface area (Å²) in [5.74, 6) is 1.05. The molecule has 29 heavy (non-hydrogen) atoms. The Balaban J connectivity index is 1.31. The molecule has 0 aliphatic carbocycles. The number of anilines is 3. The number of ether oxygens (including phenoxy) is 1. The number of ketones is 1. The number of nitrogens with one attached hydrogen (secondary N) is 2. The summed E-state index contributed by atoms with van der Waals surface area (Å²) >= 11 is 0. The molecule has 2 N–H and O–H groups in total. The number of rotatable bonds is 2. The minimum absolute atomic E-state index is 0.0228. The second-order valence-electron chi connectivity index (χ2n) is 7.17. The lowest BCUT2D eigenvalue weighted by molar-refractivity contribution is -0.116. The molecule has 10 heteroatoms. The fourth-order valence-electron chi connectivity index (χ4n) is 3.69. The molecule has 1 aromatic carbocycles. The Kier molecular flexibility index (Phi) is 4.39. The van der Waals surface area contributed by atoms with E-state index < -0.39 is 0 Å². The van der Waals surface area contributed by atoms with Gasteiger partial charge in [-0.25, -0.2) is 9.48 Å². The summed E-state index contributed by atoms with van der Waals surface area (Å²) in [6, 6.07) is 8.90. The maximum absolute atomic E-state index is 12.7. The van der Waals surface area contributed by atoms with Gasteiger partial charge >= 0.3 is 6.03 Å². The van der Waals surface area contributed by atoms with E-state index in [0.29, 0.717) is 49.6 Å². The fraction of sp³-hybridized carbons (Fsp3) is 0.368. The largest absolute Gasteiger partial charge is 0.378 e. The number of urea groups is 1. The summed E-state index contributed by atoms with van der Waals surface area (Å²) in [6.07, 6.45) is 0. The normalized spacial score (nSPS) is 18.8. The maximum Gasteiger partial charge on any atom is 0.322 e. The minimum atomic E-state index is -0.297. The van der Waals surface area contributed by atoms with Crippen LogP contribution >= 0.6 is 0 Å². The highest BCUT2D eigenvalue weighted by atomic mass is 16.5. The predicted octanol–water partition coefficient (Wildman–Crippen LogP) is 0.911. The van der Waals surface area contributed by atoms with Gasteiger partial charge in [0.1, 0.15) is 0 Å². The summed E-state index contributed by atoms with van der Waals surface area (Å²) in [5.41, 5.74) is 2.05. The van der Waals surface area contributed by atoms with Gasteiger partial charge < -0.3 is 25.2 Å². The number of Topliss-reactive ketones (excluding diaryl/α,β-unsaturated/α-hetero) is 1. The van der Waals surface area contributed by atoms with Gasteiger partial charge in [-0.05, 0) is 17.7 Å². The van der Waals surface area contributed by atoms with Gasteiger partial charge in [0.05, 0.1) is 32.0 Å². The summed E-state index contributed by atoms with van der Waals surface area (Å²) in [6.45, 7) is 3.59. The molecule has 0 unspecified atom stereocenters. The van der Waals surface area contributed by atoms with E-state index >= 15 is 0 Å². The molecule has 0 radical (unpaired) electrons. The minimum Gasteiger partial charge on any atom is -0.378 e. The monoisotopic (exact) mass is 395 g/mol. The van der Waals surface area contributed by atoms with E-state index in [1.807, 2.05) is 30.3 Å². The van der Waals surface area contributed by atoms with Crippen LogP contribution in [0.4, 0.5) is 22.4 Å². The van der Waals surface area contributed by atoms with Crippen molar-refractivity contribution in [2.75, 3.05) is 54.9 Å². The third-order valence-corrected chi connectivity index (χ3v) is 5.19. The van der Waals surface area contributed by atoms with Crippen LogP contribution in [-0.2, 0) is 16.1 Å². The van der Waals surface area contributed by atoms with Gasteiger partial charge in [0, 0.05) is 25.3 Å². The molecule has 2 amide bonds. The number of morpholine rings is 1. The van der Waals surface area contributed by atoms with Crippen molar-refractivity contribution in [2.45, 2.75) is 6.54 Å². The molecule has 0 spiro atoms. The Hall–Kier alpha value is -3.40. The fourth-order valence-corrected chi connectivity index (χ4v) is 3.69. The number of carbonyl (C=O) groups excluding carboxylic acids is 2. The van der Waals surface area contributed by atoms with Crippen molar-refractivity contribution in [3.63, 3.8) is 0 Å². The average Bonchev–Trinajstić information content (AvgIpc) is 3.17. The van der Waals surface area contributed by atoms with Crippen LogP contribution in [0.2, 0.25) is 0 Å². The third kappa shape index (κ3) is 3.42. The van der Waals surface area contributed by atoms with Crippen LogP contribution in [0.1, 0.15) is 0 Å². The second-order valence-corrected chi connectivity index (χ2v) is 7.17. The van der Waals surface area contributed by atoms with Gasteiger partial charge in [-0.1, -0.05) is 18.2 Å². The topological polar surface area (TPSA) is 105 Å². The number of benzene rings is 1.